The number of hydrogen-bond donors (Lipinski definition) is 1. The number of benzene rings is 1. The van der Waals surface area contributed by atoms with Crippen LogP contribution in [-0.4, -0.2) is 29.3 Å². The standard InChI is InChI=1S/C19H19N3O3S/c23-19(13-7-9-24-10-8-13)20-15-5-2-1-4-14(15)12-17-21-18(22-25-17)16-6-3-11-26-16/h1-6,11,13H,7-10,12H2,(H,20,23). The van der Waals surface area contributed by atoms with Crippen LogP contribution < -0.4 is 5.32 Å². The van der Waals surface area contributed by atoms with Crippen LogP contribution >= 0.6 is 11.3 Å². The predicted octanol–water partition coefficient (Wildman–Crippen LogP) is 3.75. The number of hydrogen-bond acceptors (Lipinski definition) is 6. The third-order valence-electron chi connectivity index (χ3n) is 4.42. The molecule has 0 aliphatic carbocycles. The predicted molar refractivity (Wildman–Crippen MR) is 99.0 cm³/mol. The van der Waals surface area contributed by atoms with Gasteiger partial charge in [-0.25, -0.2) is 0 Å². The summed E-state index contributed by atoms with van der Waals surface area (Å²) in [5.74, 6) is 1.18. The smallest absolute Gasteiger partial charge is 0.231 e. The lowest BCUT2D eigenvalue weighted by Gasteiger charge is -2.21. The third kappa shape index (κ3) is 3.84. The Hall–Kier alpha value is -2.51. The van der Waals surface area contributed by atoms with Gasteiger partial charge in [0.1, 0.15) is 0 Å². The number of amides is 1. The van der Waals surface area contributed by atoms with Gasteiger partial charge in [0.25, 0.3) is 0 Å². The van der Waals surface area contributed by atoms with Gasteiger partial charge in [0.15, 0.2) is 0 Å². The number of nitrogens with zero attached hydrogens (tertiary/aromatic N) is 2. The van der Waals surface area contributed by atoms with Gasteiger partial charge >= 0.3 is 0 Å². The molecule has 1 N–H and O–H groups in total. The summed E-state index contributed by atoms with van der Waals surface area (Å²) in [6.45, 7) is 1.29. The second kappa shape index (κ2) is 7.80. The van der Waals surface area contributed by atoms with E-state index in [-0.39, 0.29) is 11.8 Å². The Bertz CT molecular complexity index is 870. The van der Waals surface area contributed by atoms with Crippen molar-refractivity contribution >= 4 is 22.9 Å². The molecule has 1 aliphatic rings. The summed E-state index contributed by atoms with van der Waals surface area (Å²) < 4.78 is 10.7. The van der Waals surface area contributed by atoms with Gasteiger partial charge in [0, 0.05) is 24.8 Å². The molecular formula is C19H19N3O3S. The highest BCUT2D eigenvalue weighted by Crippen LogP contribution is 2.24. The lowest BCUT2D eigenvalue weighted by Crippen LogP contribution is -2.28. The zero-order chi connectivity index (χ0) is 17.8. The number of thiophene rings is 1. The van der Waals surface area contributed by atoms with E-state index < -0.39 is 0 Å². The highest BCUT2D eigenvalue weighted by molar-refractivity contribution is 7.13. The van der Waals surface area contributed by atoms with Gasteiger partial charge < -0.3 is 14.6 Å². The Morgan fingerprint density at radius 1 is 1.19 bits per heavy atom. The van der Waals surface area contributed by atoms with Crippen LogP contribution in [0.3, 0.4) is 0 Å². The quantitative estimate of drug-likeness (QED) is 0.741. The normalized spacial score (nSPS) is 15.1. The molecule has 0 spiro atoms. The molecule has 1 saturated heterocycles. The number of nitrogens with one attached hydrogen (secondary N) is 1. The number of anilines is 1. The molecule has 2 aromatic heterocycles. The molecule has 3 aromatic rings. The first kappa shape index (κ1) is 16.9. The molecular weight excluding hydrogens is 350 g/mol. The first-order valence-corrected chi connectivity index (χ1v) is 9.50. The molecule has 1 fully saturated rings. The van der Waals surface area contributed by atoms with E-state index in [9.17, 15) is 4.79 Å². The van der Waals surface area contributed by atoms with E-state index in [0.29, 0.717) is 31.3 Å². The van der Waals surface area contributed by atoms with Gasteiger partial charge in [0.2, 0.25) is 17.6 Å². The van der Waals surface area contributed by atoms with E-state index in [1.807, 2.05) is 41.8 Å². The Balaban J connectivity index is 1.48. The van der Waals surface area contributed by atoms with Crippen LogP contribution in [0.15, 0.2) is 46.3 Å². The van der Waals surface area contributed by atoms with Crippen LogP contribution in [0.4, 0.5) is 5.69 Å². The minimum absolute atomic E-state index is 0.00522. The molecule has 1 amide bonds. The molecule has 0 radical (unpaired) electrons. The minimum Gasteiger partial charge on any atom is -0.381 e. The summed E-state index contributed by atoms with van der Waals surface area (Å²) in [6.07, 6.45) is 2.01. The van der Waals surface area contributed by atoms with E-state index in [2.05, 4.69) is 15.5 Å². The Kier molecular flexibility index (Phi) is 5.08. The van der Waals surface area contributed by atoms with E-state index in [0.717, 1.165) is 29.0 Å². The summed E-state index contributed by atoms with van der Waals surface area (Å²) >= 11 is 1.57. The number of carbonyl (C=O) groups is 1. The molecule has 6 nitrogen and oxygen atoms in total. The van der Waals surface area contributed by atoms with Gasteiger partial charge in [-0.15, -0.1) is 11.3 Å². The first-order valence-electron chi connectivity index (χ1n) is 8.62. The zero-order valence-corrected chi connectivity index (χ0v) is 15.0. The molecule has 1 aromatic carbocycles. The van der Waals surface area contributed by atoms with Crippen LogP contribution in [0.1, 0.15) is 24.3 Å². The number of ether oxygens (including phenoxy) is 1. The van der Waals surface area contributed by atoms with E-state index >= 15 is 0 Å². The van der Waals surface area contributed by atoms with Crippen LogP contribution in [0, 0.1) is 5.92 Å². The largest absolute Gasteiger partial charge is 0.381 e. The van der Waals surface area contributed by atoms with E-state index in [4.69, 9.17) is 9.26 Å². The van der Waals surface area contributed by atoms with Crippen LogP contribution in [0.2, 0.25) is 0 Å². The summed E-state index contributed by atoms with van der Waals surface area (Å²) in [6, 6.07) is 11.6. The number of carbonyl (C=O) groups excluding carboxylic acids is 1. The maximum absolute atomic E-state index is 12.5. The van der Waals surface area contributed by atoms with Crippen molar-refractivity contribution in [2.45, 2.75) is 19.3 Å². The SMILES string of the molecule is O=C(Nc1ccccc1Cc1nc(-c2cccs2)no1)C1CCOCC1. The Morgan fingerprint density at radius 3 is 2.85 bits per heavy atom. The fraction of sp³-hybridized carbons (Fsp3) is 0.316. The van der Waals surface area contributed by atoms with Crippen molar-refractivity contribution in [3.63, 3.8) is 0 Å². The monoisotopic (exact) mass is 369 g/mol. The van der Waals surface area contributed by atoms with Gasteiger partial charge in [-0.2, -0.15) is 4.98 Å². The van der Waals surface area contributed by atoms with Crippen molar-refractivity contribution in [3.8, 4) is 10.7 Å². The molecule has 134 valence electrons. The molecule has 0 unspecified atom stereocenters. The second-order valence-corrected chi connectivity index (χ2v) is 7.15. The van der Waals surface area contributed by atoms with Gasteiger partial charge in [-0.3, -0.25) is 4.79 Å². The third-order valence-corrected chi connectivity index (χ3v) is 5.28. The Labute approximate surface area is 155 Å². The maximum atomic E-state index is 12.5. The van der Waals surface area contributed by atoms with Crippen molar-refractivity contribution in [1.29, 1.82) is 0 Å². The van der Waals surface area contributed by atoms with Crippen LogP contribution in [-0.2, 0) is 16.0 Å². The first-order chi connectivity index (χ1) is 12.8. The lowest BCUT2D eigenvalue weighted by molar-refractivity contribution is -0.122. The fourth-order valence-electron chi connectivity index (χ4n) is 2.99. The molecule has 7 heteroatoms. The highest BCUT2D eigenvalue weighted by atomic mass is 32.1. The van der Waals surface area contributed by atoms with Crippen molar-refractivity contribution in [2.75, 3.05) is 18.5 Å². The molecule has 3 heterocycles. The average Bonchev–Trinajstić information content (AvgIpc) is 3.36. The van der Waals surface area contributed by atoms with Crippen LogP contribution in [0.5, 0.6) is 0 Å². The summed E-state index contributed by atoms with van der Waals surface area (Å²) in [5, 5.41) is 9.07. The zero-order valence-electron chi connectivity index (χ0n) is 14.2. The summed E-state index contributed by atoms with van der Waals surface area (Å²) in [4.78, 5) is 17.9. The molecule has 0 bridgehead atoms. The van der Waals surface area contributed by atoms with Crippen molar-refractivity contribution in [3.05, 3.63) is 53.2 Å². The fourth-order valence-corrected chi connectivity index (χ4v) is 3.64. The van der Waals surface area contributed by atoms with Crippen molar-refractivity contribution < 1.29 is 14.1 Å². The molecule has 0 saturated carbocycles. The molecule has 26 heavy (non-hydrogen) atoms. The van der Waals surface area contributed by atoms with Crippen molar-refractivity contribution in [2.24, 2.45) is 5.92 Å². The summed E-state index contributed by atoms with van der Waals surface area (Å²) in [5.41, 5.74) is 1.74. The number of rotatable bonds is 5. The van der Waals surface area contributed by atoms with E-state index in [1.165, 1.54) is 0 Å². The molecule has 4 rings (SSSR count). The maximum Gasteiger partial charge on any atom is 0.231 e. The minimum atomic E-state index is 0.00522. The second-order valence-electron chi connectivity index (χ2n) is 6.20. The average molecular weight is 369 g/mol. The molecule has 0 atom stereocenters. The Morgan fingerprint density at radius 2 is 2.04 bits per heavy atom. The van der Waals surface area contributed by atoms with Gasteiger partial charge in [-0.1, -0.05) is 29.4 Å². The van der Waals surface area contributed by atoms with Gasteiger partial charge in [-0.05, 0) is 35.9 Å². The number of para-hydroxylation sites is 1. The highest BCUT2D eigenvalue weighted by Gasteiger charge is 2.22. The topological polar surface area (TPSA) is 77.3 Å². The van der Waals surface area contributed by atoms with Gasteiger partial charge in [0.05, 0.1) is 11.3 Å². The molecule has 1 aliphatic heterocycles. The van der Waals surface area contributed by atoms with E-state index in [1.54, 1.807) is 11.3 Å². The number of aromatic nitrogens is 2. The lowest BCUT2D eigenvalue weighted by atomic mass is 9.99. The van der Waals surface area contributed by atoms with Crippen LogP contribution in [0.25, 0.3) is 10.7 Å². The summed E-state index contributed by atoms with van der Waals surface area (Å²) in [7, 11) is 0. The van der Waals surface area contributed by atoms with Crippen molar-refractivity contribution in [1.82, 2.24) is 10.1 Å².